The second-order valence-corrected chi connectivity index (χ2v) is 4.86. The third kappa shape index (κ3) is 2.63. The van der Waals surface area contributed by atoms with Crippen molar-refractivity contribution in [3.63, 3.8) is 0 Å². The fourth-order valence-electron chi connectivity index (χ4n) is 2.50. The molecule has 1 aliphatic rings. The van der Waals surface area contributed by atoms with Gasteiger partial charge < -0.3 is 15.3 Å². The molecule has 1 fully saturated rings. The molecular weight excluding hydrogens is 252 g/mol. The second-order valence-electron chi connectivity index (χ2n) is 4.86. The van der Waals surface area contributed by atoms with Gasteiger partial charge in [-0.1, -0.05) is 6.92 Å². The molecule has 2 unspecified atom stereocenters. The highest BCUT2D eigenvalue weighted by atomic mass is 19.1. The number of hydrogen-bond donors (Lipinski definition) is 2. The Bertz CT molecular complexity index is 456. The first kappa shape index (κ1) is 14.0. The van der Waals surface area contributed by atoms with Gasteiger partial charge in [-0.05, 0) is 19.3 Å². The zero-order chi connectivity index (χ0) is 14.0. The molecule has 19 heavy (non-hydrogen) atoms. The topological polar surface area (TPSA) is 48.4 Å². The van der Waals surface area contributed by atoms with Crippen molar-refractivity contribution in [3.8, 4) is 0 Å². The number of hydrogen-bond acceptors (Lipinski definition) is 4. The van der Waals surface area contributed by atoms with E-state index in [1.54, 1.807) is 4.90 Å². The molecule has 6 heteroatoms. The van der Waals surface area contributed by atoms with Crippen molar-refractivity contribution in [2.45, 2.75) is 26.3 Å². The smallest absolute Gasteiger partial charge is 0.168 e. The summed E-state index contributed by atoms with van der Waals surface area (Å²) < 4.78 is 27.4. The normalized spacial score (nSPS) is 22.9. The average Bonchev–Trinajstić information content (AvgIpc) is 2.74. The Labute approximate surface area is 111 Å². The molecule has 4 nitrogen and oxygen atoms in total. The van der Waals surface area contributed by atoms with Crippen molar-refractivity contribution in [3.05, 3.63) is 17.7 Å². The average molecular weight is 271 g/mol. The molecule has 2 heterocycles. The highest BCUT2D eigenvalue weighted by Crippen LogP contribution is 2.31. The molecule has 1 aromatic heterocycles. The number of nitrogens with zero attached hydrogens (tertiary/aromatic N) is 2. The van der Waals surface area contributed by atoms with E-state index in [4.69, 9.17) is 0 Å². The summed E-state index contributed by atoms with van der Waals surface area (Å²) in [5.41, 5.74) is 0. The summed E-state index contributed by atoms with van der Waals surface area (Å²) in [6.45, 7) is 4.89. The Morgan fingerprint density at radius 3 is 2.84 bits per heavy atom. The summed E-state index contributed by atoms with van der Waals surface area (Å²) in [6.07, 6.45) is 0.861. The van der Waals surface area contributed by atoms with E-state index in [9.17, 15) is 13.9 Å². The molecule has 0 bridgehead atoms. The van der Waals surface area contributed by atoms with Crippen LogP contribution in [0.25, 0.3) is 0 Å². The lowest BCUT2D eigenvalue weighted by Gasteiger charge is -2.27. The van der Waals surface area contributed by atoms with E-state index in [1.807, 2.05) is 13.8 Å². The largest absolute Gasteiger partial charge is 0.394 e. The molecular formula is C13H19F2N3O. The number of rotatable bonds is 4. The van der Waals surface area contributed by atoms with E-state index in [1.165, 1.54) is 0 Å². The van der Waals surface area contributed by atoms with E-state index in [0.717, 1.165) is 12.5 Å². The Morgan fingerprint density at radius 1 is 1.47 bits per heavy atom. The zero-order valence-corrected chi connectivity index (χ0v) is 11.2. The molecule has 1 aromatic rings. The van der Waals surface area contributed by atoms with Gasteiger partial charge in [-0.15, -0.1) is 0 Å². The van der Waals surface area contributed by atoms with Crippen LogP contribution < -0.4 is 10.2 Å². The minimum absolute atomic E-state index is 0.0511. The number of aromatic nitrogens is 1. The Balaban J connectivity index is 2.36. The molecule has 0 spiro atoms. The molecule has 2 N–H and O–H groups in total. The summed E-state index contributed by atoms with van der Waals surface area (Å²) in [4.78, 5) is 5.75. The Hall–Kier alpha value is -1.43. The maximum Gasteiger partial charge on any atom is 0.168 e. The quantitative estimate of drug-likeness (QED) is 0.879. The van der Waals surface area contributed by atoms with Gasteiger partial charge in [0.25, 0.3) is 0 Å². The van der Waals surface area contributed by atoms with Crippen LogP contribution in [-0.4, -0.2) is 35.8 Å². The highest BCUT2D eigenvalue weighted by Gasteiger charge is 2.33. The first-order valence-electron chi connectivity index (χ1n) is 6.55. The lowest BCUT2D eigenvalue weighted by molar-refractivity contribution is 0.244. The molecule has 2 rings (SSSR count). The minimum atomic E-state index is -0.698. The van der Waals surface area contributed by atoms with E-state index in [0.29, 0.717) is 13.1 Å². The van der Waals surface area contributed by atoms with Crippen LogP contribution in [0.5, 0.6) is 0 Å². The third-order valence-electron chi connectivity index (χ3n) is 3.60. The maximum absolute atomic E-state index is 13.9. The van der Waals surface area contributed by atoms with Gasteiger partial charge in [0.05, 0.1) is 12.6 Å². The molecule has 0 saturated carbocycles. The minimum Gasteiger partial charge on any atom is -0.394 e. The van der Waals surface area contributed by atoms with Crippen molar-refractivity contribution < 1.29 is 13.9 Å². The molecule has 0 radical (unpaired) electrons. The fourth-order valence-corrected chi connectivity index (χ4v) is 2.50. The van der Waals surface area contributed by atoms with Crippen LogP contribution in [0.4, 0.5) is 20.4 Å². The third-order valence-corrected chi connectivity index (χ3v) is 3.60. The van der Waals surface area contributed by atoms with Gasteiger partial charge in [0.1, 0.15) is 0 Å². The molecule has 0 aromatic carbocycles. The van der Waals surface area contributed by atoms with Gasteiger partial charge in [-0.3, -0.25) is 0 Å². The molecule has 1 aliphatic heterocycles. The van der Waals surface area contributed by atoms with Crippen molar-refractivity contribution >= 4 is 11.6 Å². The van der Waals surface area contributed by atoms with E-state index >= 15 is 0 Å². The van der Waals surface area contributed by atoms with Crippen molar-refractivity contribution in [2.75, 3.05) is 29.9 Å². The molecule has 1 saturated heterocycles. The lowest BCUT2D eigenvalue weighted by atomic mass is 10.0. The van der Waals surface area contributed by atoms with Crippen LogP contribution in [0.3, 0.4) is 0 Å². The van der Waals surface area contributed by atoms with E-state index in [2.05, 4.69) is 10.3 Å². The maximum atomic E-state index is 13.9. The number of aliphatic hydroxyl groups excluding tert-OH is 1. The molecule has 106 valence electrons. The van der Waals surface area contributed by atoms with Crippen LogP contribution in [0.2, 0.25) is 0 Å². The second kappa shape index (κ2) is 5.69. The number of halogens is 2. The Kier molecular flexibility index (Phi) is 4.19. The van der Waals surface area contributed by atoms with E-state index < -0.39 is 11.6 Å². The Morgan fingerprint density at radius 2 is 2.21 bits per heavy atom. The fraction of sp³-hybridized carbons (Fsp3) is 0.615. The summed E-state index contributed by atoms with van der Waals surface area (Å²) >= 11 is 0. The first-order valence-corrected chi connectivity index (χ1v) is 6.55. The van der Waals surface area contributed by atoms with Crippen LogP contribution >= 0.6 is 0 Å². The van der Waals surface area contributed by atoms with Gasteiger partial charge >= 0.3 is 0 Å². The summed E-state index contributed by atoms with van der Waals surface area (Å²) in [6, 6.07) is 0.680. The predicted molar refractivity (Wildman–Crippen MR) is 70.3 cm³/mol. The monoisotopic (exact) mass is 271 g/mol. The predicted octanol–water partition coefficient (Wildman–Crippen LogP) is 2.00. The molecule has 0 aliphatic carbocycles. The summed E-state index contributed by atoms with van der Waals surface area (Å²) in [7, 11) is 0. The van der Waals surface area contributed by atoms with Gasteiger partial charge in [-0.25, -0.2) is 13.8 Å². The van der Waals surface area contributed by atoms with Gasteiger partial charge in [0, 0.05) is 19.2 Å². The molecule has 0 amide bonds. The SMILES string of the molecule is CCNc1nc(N2CCC(C)C2CO)c(F)cc1F. The zero-order valence-electron chi connectivity index (χ0n) is 11.2. The van der Waals surface area contributed by atoms with Crippen LogP contribution in [-0.2, 0) is 0 Å². The first-order chi connectivity index (χ1) is 9.08. The van der Waals surface area contributed by atoms with Crippen molar-refractivity contribution in [1.29, 1.82) is 0 Å². The molecule has 2 atom stereocenters. The van der Waals surface area contributed by atoms with Gasteiger partial charge in [0.15, 0.2) is 23.3 Å². The number of pyridine rings is 1. The van der Waals surface area contributed by atoms with Crippen molar-refractivity contribution in [1.82, 2.24) is 4.98 Å². The van der Waals surface area contributed by atoms with Gasteiger partial charge in [-0.2, -0.15) is 0 Å². The van der Waals surface area contributed by atoms with Crippen molar-refractivity contribution in [2.24, 2.45) is 5.92 Å². The van der Waals surface area contributed by atoms with Crippen LogP contribution in [0, 0.1) is 17.6 Å². The van der Waals surface area contributed by atoms with Gasteiger partial charge in [0.2, 0.25) is 0 Å². The highest BCUT2D eigenvalue weighted by molar-refractivity contribution is 5.50. The number of aliphatic hydroxyl groups is 1. The number of anilines is 2. The number of nitrogens with one attached hydrogen (secondary N) is 1. The standard InChI is InChI=1S/C13H19F2N3O/c1-3-16-12-9(14)6-10(15)13(17-12)18-5-4-8(2)11(18)7-19/h6,8,11,19H,3-5,7H2,1-2H3,(H,16,17). The van der Waals surface area contributed by atoms with Crippen LogP contribution in [0.15, 0.2) is 6.07 Å². The van der Waals surface area contributed by atoms with Crippen LogP contribution in [0.1, 0.15) is 20.3 Å². The summed E-state index contributed by atoms with van der Waals surface area (Å²) in [5, 5.41) is 12.2. The summed E-state index contributed by atoms with van der Waals surface area (Å²) in [5.74, 6) is -0.961. The van der Waals surface area contributed by atoms with E-state index in [-0.39, 0.29) is 30.2 Å². The lowest BCUT2D eigenvalue weighted by Crippen LogP contribution is -2.36.